The Kier molecular flexibility index (Phi) is 9.84. The minimum absolute atomic E-state index is 0.0498. The summed E-state index contributed by atoms with van der Waals surface area (Å²) in [6.07, 6.45) is 1.05. The Hall–Kier alpha value is -4.06. The lowest BCUT2D eigenvalue weighted by molar-refractivity contribution is -0.0874. The first-order valence-electron chi connectivity index (χ1n) is 19.2. The molecular formula is C40H53FN6O7. The molecule has 2 amide bonds. The van der Waals surface area contributed by atoms with Crippen LogP contribution >= 0.6 is 0 Å². The molecule has 1 aromatic carbocycles. The van der Waals surface area contributed by atoms with Gasteiger partial charge in [0.05, 0.1) is 29.1 Å². The van der Waals surface area contributed by atoms with Crippen LogP contribution < -0.4 is 14.5 Å². The van der Waals surface area contributed by atoms with Crippen molar-refractivity contribution in [3.63, 3.8) is 0 Å². The predicted molar refractivity (Wildman–Crippen MR) is 197 cm³/mol. The number of aliphatic hydroxyl groups excluding tert-OH is 1. The molecule has 0 bridgehead atoms. The van der Waals surface area contributed by atoms with E-state index >= 15 is 0 Å². The first kappa shape index (κ1) is 38.2. The Bertz CT molecular complexity index is 1820. The quantitative estimate of drug-likeness (QED) is 0.355. The summed E-state index contributed by atoms with van der Waals surface area (Å²) in [7, 11) is 0. The maximum atomic E-state index is 14.6. The Morgan fingerprint density at radius 2 is 1.80 bits per heavy atom. The van der Waals surface area contributed by atoms with Crippen LogP contribution in [0.1, 0.15) is 114 Å². The molecule has 3 fully saturated rings. The SMILES string of the molecule is C[C@H]1CC[C@]2(Cc3nc(OC[C@@]45CCCN4C[C@H](F)C5)nc(N4CC(CO)C4)c3CO2)c2c1ccc(N(C(=O)OC(C)(C)C)C(=O)OC(C)(C)C)c2C#N. The summed E-state index contributed by atoms with van der Waals surface area (Å²) in [6, 6.07) is 6.02. The van der Waals surface area contributed by atoms with Gasteiger partial charge in [-0.1, -0.05) is 13.0 Å². The van der Waals surface area contributed by atoms with Crippen LogP contribution in [0.5, 0.6) is 6.01 Å². The van der Waals surface area contributed by atoms with Crippen molar-refractivity contribution in [2.75, 3.05) is 49.2 Å². The van der Waals surface area contributed by atoms with E-state index in [1.54, 1.807) is 47.6 Å². The number of aromatic nitrogens is 2. The van der Waals surface area contributed by atoms with E-state index in [1.807, 2.05) is 6.07 Å². The van der Waals surface area contributed by atoms with E-state index in [-0.39, 0.29) is 60.9 Å². The standard InChI is InChI=1S/C40H53FN6O7/c1-24-11-13-40(32-27(24)9-10-31(28(32)17-42)47(35(49)53-37(2,3)4)36(50)54-38(5,6)7)16-30-29(22-52-40)33(45-18-25(19-45)21-48)44-34(43-30)51-23-39-12-8-14-46(39)20-26(41)15-39/h9-10,24-26,48H,8,11-16,18-23H2,1-7H3/t24-,26+,39-,40-/m0/s1. The zero-order valence-corrected chi connectivity index (χ0v) is 32.5. The second-order valence-corrected chi connectivity index (χ2v) is 17.8. The summed E-state index contributed by atoms with van der Waals surface area (Å²) in [5.74, 6) is 0.872. The number of fused-ring (bicyclic) bond motifs is 4. The van der Waals surface area contributed by atoms with Crippen LogP contribution in [0, 0.1) is 17.2 Å². The topological polar surface area (TPSA) is 151 Å². The van der Waals surface area contributed by atoms with E-state index in [1.165, 1.54) is 0 Å². The second kappa shape index (κ2) is 13.9. The number of nitriles is 1. The van der Waals surface area contributed by atoms with Gasteiger partial charge >= 0.3 is 18.2 Å². The molecular weight excluding hydrogens is 695 g/mol. The number of alkyl halides is 1. The Balaban J connectivity index is 1.30. The molecule has 2 aromatic rings. The van der Waals surface area contributed by atoms with Gasteiger partial charge in [-0.05, 0) is 91.3 Å². The van der Waals surface area contributed by atoms with Crippen molar-refractivity contribution in [1.82, 2.24) is 14.9 Å². The molecule has 3 saturated heterocycles. The average Bonchev–Trinajstić information content (AvgIpc) is 3.59. The molecule has 0 radical (unpaired) electrons. The van der Waals surface area contributed by atoms with Crippen molar-refractivity contribution in [3.05, 3.63) is 40.1 Å². The summed E-state index contributed by atoms with van der Waals surface area (Å²) in [4.78, 5) is 42.5. The first-order valence-corrected chi connectivity index (χ1v) is 19.2. The summed E-state index contributed by atoms with van der Waals surface area (Å²) < 4.78 is 39.3. The number of anilines is 2. The van der Waals surface area contributed by atoms with Crippen LogP contribution in [0.15, 0.2) is 12.1 Å². The van der Waals surface area contributed by atoms with Crippen molar-refractivity contribution in [1.29, 1.82) is 5.26 Å². The van der Waals surface area contributed by atoms with E-state index in [9.17, 15) is 24.3 Å². The number of amides is 2. The number of aliphatic hydroxyl groups is 1. The number of hydrogen-bond donors (Lipinski definition) is 1. The lowest BCUT2D eigenvalue weighted by Crippen LogP contribution is -2.50. The van der Waals surface area contributed by atoms with Gasteiger partial charge < -0.3 is 29.0 Å². The van der Waals surface area contributed by atoms with Gasteiger partial charge in [-0.2, -0.15) is 20.1 Å². The number of carbonyl (C=O) groups is 2. The molecule has 54 heavy (non-hydrogen) atoms. The van der Waals surface area contributed by atoms with E-state index < -0.39 is 35.2 Å². The van der Waals surface area contributed by atoms with E-state index in [2.05, 4.69) is 22.8 Å². The van der Waals surface area contributed by atoms with Crippen molar-refractivity contribution >= 4 is 23.7 Å². The zero-order valence-electron chi connectivity index (χ0n) is 32.5. The number of ether oxygens (including phenoxy) is 4. The maximum absolute atomic E-state index is 14.6. The van der Waals surface area contributed by atoms with Gasteiger partial charge in [0, 0.05) is 56.1 Å². The van der Waals surface area contributed by atoms with Gasteiger partial charge in [-0.15, -0.1) is 0 Å². The fourth-order valence-electron chi connectivity index (χ4n) is 8.90. The summed E-state index contributed by atoms with van der Waals surface area (Å²) in [5.41, 5.74) is -0.0724. The third kappa shape index (κ3) is 7.10. The normalized spacial score (nSPS) is 26.7. The van der Waals surface area contributed by atoms with E-state index in [0.29, 0.717) is 43.9 Å². The summed E-state index contributed by atoms with van der Waals surface area (Å²) in [5, 5.41) is 20.7. The summed E-state index contributed by atoms with van der Waals surface area (Å²) in [6.45, 7) is 15.3. The molecule has 14 heteroatoms. The van der Waals surface area contributed by atoms with Gasteiger partial charge in [-0.3, -0.25) is 4.90 Å². The number of imide groups is 1. The highest BCUT2D eigenvalue weighted by Crippen LogP contribution is 2.52. The number of carbonyl (C=O) groups excluding carboxylic acids is 2. The van der Waals surface area contributed by atoms with Crippen LogP contribution in [0.3, 0.4) is 0 Å². The minimum Gasteiger partial charge on any atom is -0.461 e. The number of benzene rings is 1. The maximum Gasteiger partial charge on any atom is 0.424 e. The Morgan fingerprint density at radius 3 is 2.44 bits per heavy atom. The number of rotatable bonds is 6. The van der Waals surface area contributed by atoms with Gasteiger partial charge in [0.15, 0.2) is 0 Å². The average molecular weight is 749 g/mol. The molecule has 13 nitrogen and oxygen atoms in total. The molecule has 1 N–H and O–H groups in total. The molecule has 4 atom stereocenters. The summed E-state index contributed by atoms with van der Waals surface area (Å²) >= 11 is 0. The molecule has 292 valence electrons. The van der Waals surface area contributed by atoms with E-state index in [4.69, 9.17) is 28.9 Å². The molecule has 0 saturated carbocycles. The van der Waals surface area contributed by atoms with Crippen molar-refractivity contribution in [3.8, 4) is 12.1 Å². The van der Waals surface area contributed by atoms with Crippen LogP contribution in [0.25, 0.3) is 0 Å². The first-order chi connectivity index (χ1) is 25.4. The van der Waals surface area contributed by atoms with Crippen LogP contribution in [-0.2, 0) is 32.8 Å². The third-order valence-electron chi connectivity index (χ3n) is 11.4. The van der Waals surface area contributed by atoms with Gasteiger partial charge in [0.25, 0.3) is 0 Å². The lowest BCUT2D eigenvalue weighted by Gasteiger charge is -2.46. The Labute approximate surface area is 316 Å². The fourth-order valence-corrected chi connectivity index (χ4v) is 8.90. The molecule has 5 aliphatic rings. The van der Waals surface area contributed by atoms with Crippen molar-refractivity contribution in [2.24, 2.45) is 5.92 Å². The number of halogens is 1. The monoisotopic (exact) mass is 748 g/mol. The highest BCUT2D eigenvalue weighted by Gasteiger charge is 2.51. The molecule has 7 rings (SSSR count). The molecule has 1 aliphatic carbocycles. The molecule has 1 spiro atoms. The second-order valence-electron chi connectivity index (χ2n) is 17.8. The third-order valence-corrected chi connectivity index (χ3v) is 11.4. The number of nitrogens with zero attached hydrogens (tertiary/aromatic N) is 6. The molecule has 0 unspecified atom stereocenters. The number of hydrogen-bond acceptors (Lipinski definition) is 12. The van der Waals surface area contributed by atoms with Gasteiger partial charge in [0.2, 0.25) is 0 Å². The van der Waals surface area contributed by atoms with Crippen molar-refractivity contribution in [2.45, 2.75) is 128 Å². The van der Waals surface area contributed by atoms with Crippen LogP contribution in [0.2, 0.25) is 0 Å². The highest BCUT2D eigenvalue weighted by molar-refractivity contribution is 6.10. The smallest absolute Gasteiger partial charge is 0.424 e. The molecule has 4 aliphatic heterocycles. The predicted octanol–water partition coefficient (Wildman–Crippen LogP) is 6.27. The van der Waals surface area contributed by atoms with Gasteiger partial charge in [-0.25, -0.2) is 14.0 Å². The molecule has 1 aromatic heterocycles. The highest BCUT2D eigenvalue weighted by atomic mass is 19.1. The minimum atomic E-state index is -1.03. The lowest BCUT2D eigenvalue weighted by atomic mass is 9.69. The Morgan fingerprint density at radius 1 is 1.09 bits per heavy atom. The van der Waals surface area contributed by atoms with E-state index in [0.717, 1.165) is 47.5 Å². The van der Waals surface area contributed by atoms with Crippen LogP contribution in [0.4, 0.5) is 25.5 Å². The zero-order chi connectivity index (χ0) is 38.8. The fraction of sp³-hybridized carbons (Fsp3) is 0.675. The van der Waals surface area contributed by atoms with Gasteiger partial charge in [0.1, 0.15) is 41.5 Å². The van der Waals surface area contributed by atoms with Crippen molar-refractivity contribution < 1.29 is 38.0 Å². The largest absolute Gasteiger partial charge is 0.461 e. The molecule has 5 heterocycles. The van der Waals surface area contributed by atoms with Crippen LogP contribution in [-0.4, -0.2) is 94.5 Å².